The second-order valence-electron chi connectivity index (χ2n) is 10.9. The maximum Gasteiger partial charge on any atom is 0.329 e. The number of nitrogens with zero attached hydrogens (tertiary/aromatic N) is 3. The molecular formula is C29H38N4O. The summed E-state index contributed by atoms with van der Waals surface area (Å²) in [7, 11) is 0. The minimum absolute atomic E-state index is 0.159. The predicted octanol–water partition coefficient (Wildman–Crippen LogP) is 5.00. The van der Waals surface area contributed by atoms with Crippen LogP contribution in [-0.4, -0.2) is 39.7 Å². The maximum atomic E-state index is 13.6. The van der Waals surface area contributed by atoms with Gasteiger partial charge >= 0.3 is 5.69 Å². The number of para-hydroxylation sites is 2. The summed E-state index contributed by atoms with van der Waals surface area (Å²) < 4.78 is 4.09. The van der Waals surface area contributed by atoms with Crippen molar-refractivity contribution in [1.29, 1.82) is 0 Å². The molecule has 0 bridgehead atoms. The first kappa shape index (κ1) is 22.1. The van der Waals surface area contributed by atoms with Gasteiger partial charge in [-0.05, 0) is 73.3 Å². The first-order valence-corrected chi connectivity index (χ1v) is 13.4. The van der Waals surface area contributed by atoms with Crippen molar-refractivity contribution < 1.29 is 0 Å². The summed E-state index contributed by atoms with van der Waals surface area (Å²) >= 11 is 0. The van der Waals surface area contributed by atoms with Gasteiger partial charge in [0.15, 0.2) is 0 Å². The van der Waals surface area contributed by atoms with Gasteiger partial charge in [-0.1, -0.05) is 44.2 Å². The standard InChI is InChI=1S/C29H38N4O/c1-20(2)30-15-18-32-25-11-3-4-12-26(25)33(29(32)34)23-13-16-31(17-14-23)27-19-22-9-5-7-21-8-6-10-24(27)28(21)22/h3-4,6,8,10-12,20,22-23,27,30H,5,7,9,13-19H2,1-2H3. The smallest absolute Gasteiger partial charge is 0.313 e. The summed E-state index contributed by atoms with van der Waals surface area (Å²) in [6, 6.07) is 16.7. The Morgan fingerprint density at radius 2 is 1.79 bits per heavy atom. The van der Waals surface area contributed by atoms with E-state index in [-0.39, 0.29) is 11.7 Å². The van der Waals surface area contributed by atoms with Gasteiger partial charge in [0.05, 0.1) is 11.0 Å². The summed E-state index contributed by atoms with van der Waals surface area (Å²) in [6.07, 6.45) is 7.35. The van der Waals surface area contributed by atoms with E-state index in [1.807, 2.05) is 4.57 Å². The lowest BCUT2D eigenvalue weighted by molar-refractivity contribution is 0.130. The molecule has 0 spiro atoms. The van der Waals surface area contributed by atoms with E-state index < -0.39 is 0 Å². The molecule has 1 aliphatic heterocycles. The topological polar surface area (TPSA) is 42.2 Å². The second-order valence-corrected chi connectivity index (χ2v) is 10.9. The molecule has 34 heavy (non-hydrogen) atoms. The van der Waals surface area contributed by atoms with E-state index in [2.05, 4.69) is 71.1 Å². The molecule has 0 amide bonds. The summed E-state index contributed by atoms with van der Waals surface area (Å²) in [5, 5.41) is 3.46. The monoisotopic (exact) mass is 458 g/mol. The number of hydrogen-bond donors (Lipinski definition) is 1. The van der Waals surface area contributed by atoms with E-state index in [1.165, 1.54) is 25.7 Å². The number of rotatable bonds is 6. The van der Waals surface area contributed by atoms with E-state index in [1.54, 1.807) is 16.7 Å². The molecule has 2 aliphatic carbocycles. The average Bonchev–Trinajstić information content (AvgIpc) is 3.36. The van der Waals surface area contributed by atoms with Crippen LogP contribution >= 0.6 is 0 Å². The average molecular weight is 459 g/mol. The fourth-order valence-corrected chi connectivity index (χ4v) is 7.02. The van der Waals surface area contributed by atoms with Crippen molar-refractivity contribution in [3.05, 3.63) is 69.6 Å². The first-order valence-electron chi connectivity index (χ1n) is 13.4. The Morgan fingerprint density at radius 3 is 2.59 bits per heavy atom. The second kappa shape index (κ2) is 9.01. The molecule has 3 aliphatic rings. The third kappa shape index (κ3) is 3.74. The van der Waals surface area contributed by atoms with Crippen LogP contribution in [0.1, 0.15) is 80.6 Å². The Hall–Kier alpha value is -2.37. The molecule has 1 N–H and O–H groups in total. The van der Waals surface area contributed by atoms with Crippen LogP contribution in [0.3, 0.4) is 0 Å². The van der Waals surface area contributed by atoms with E-state index in [9.17, 15) is 4.79 Å². The lowest BCUT2D eigenvalue weighted by Gasteiger charge is -2.37. The molecule has 2 unspecified atom stereocenters. The van der Waals surface area contributed by atoms with E-state index in [0.717, 1.165) is 49.4 Å². The Morgan fingerprint density at radius 1 is 1.00 bits per heavy atom. The van der Waals surface area contributed by atoms with Gasteiger partial charge in [-0.2, -0.15) is 0 Å². The van der Waals surface area contributed by atoms with E-state index in [4.69, 9.17) is 0 Å². The third-order valence-corrected chi connectivity index (χ3v) is 8.57. The van der Waals surface area contributed by atoms with Crippen LogP contribution in [0.2, 0.25) is 0 Å². The van der Waals surface area contributed by atoms with Gasteiger partial charge in [0.2, 0.25) is 0 Å². The zero-order valence-corrected chi connectivity index (χ0v) is 20.7. The Kier molecular flexibility index (Phi) is 5.86. The molecule has 1 aromatic heterocycles. The number of likely N-dealkylation sites (tertiary alicyclic amines) is 1. The highest BCUT2D eigenvalue weighted by Gasteiger charge is 2.38. The number of benzene rings is 2. The molecule has 5 heteroatoms. The highest BCUT2D eigenvalue weighted by Crippen LogP contribution is 2.50. The quantitative estimate of drug-likeness (QED) is 0.565. The molecular weight excluding hydrogens is 420 g/mol. The van der Waals surface area contributed by atoms with E-state index >= 15 is 0 Å². The van der Waals surface area contributed by atoms with Crippen LogP contribution in [-0.2, 0) is 13.0 Å². The number of aryl methyl sites for hydroxylation is 1. The summed E-state index contributed by atoms with van der Waals surface area (Å²) in [6.45, 7) is 7.98. The number of imidazole rings is 1. The Balaban J connectivity index is 1.22. The van der Waals surface area contributed by atoms with Crippen molar-refractivity contribution in [2.75, 3.05) is 19.6 Å². The number of aromatic nitrogens is 2. The van der Waals surface area contributed by atoms with Gasteiger partial charge in [-0.3, -0.25) is 14.0 Å². The SMILES string of the molecule is CC(C)NCCn1c(=O)n(C2CCN(C3CC4CCCc5cccc3c54)CC2)c2ccccc21. The van der Waals surface area contributed by atoms with Crippen molar-refractivity contribution in [3.63, 3.8) is 0 Å². The molecule has 1 saturated heterocycles. The van der Waals surface area contributed by atoms with Crippen LogP contribution < -0.4 is 11.0 Å². The Bertz CT molecular complexity index is 1230. The number of piperidine rings is 1. The normalized spacial score (nSPS) is 23.1. The highest BCUT2D eigenvalue weighted by atomic mass is 16.1. The molecule has 6 rings (SSSR count). The van der Waals surface area contributed by atoms with Crippen LogP contribution in [0.15, 0.2) is 47.3 Å². The summed E-state index contributed by atoms with van der Waals surface area (Å²) in [4.78, 5) is 16.3. The van der Waals surface area contributed by atoms with Gasteiger partial charge < -0.3 is 5.32 Å². The highest BCUT2D eigenvalue weighted by molar-refractivity contribution is 5.76. The lowest BCUT2D eigenvalue weighted by Crippen LogP contribution is -2.39. The number of nitrogens with one attached hydrogen (secondary N) is 1. The van der Waals surface area contributed by atoms with Crippen LogP contribution in [0.4, 0.5) is 0 Å². The predicted molar refractivity (Wildman–Crippen MR) is 139 cm³/mol. The molecule has 3 aromatic rings. The number of hydrogen-bond acceptors (Lipinski definition) is 3. The molecule has 180 valence electrons. The van der Waals surface area contributed by atoms with Gasteiger partial charge in [0, 0.05) is 44.3 Å². The van der Waals surface area contributed by atoms with Gasteiger partial charge in [-0.25, -0.2) is 4.79 Å². The van der Waals surface area contributed by atoms with Crippen molar-refractivity contribution in [1.82, 2.24) is 19.4 Å². The molecule has 2 heterocycles. The van der Waals surface area contributed by atoms with Gasteiger partial charge in [-0.15, -0.1) is 0 Å². The summed E-state index contributed by atoms with van der Waals surface area (Å²) in [5.74, 6) is 0.766. The molecule has 5 nitrogen and oxygen atoms in total. The first-order chi connectivity index (χ1) is 16.6. The maximum absolute atomic E-state index is 13.6. The largest absolute Gasteiger partial charge is 0.329 e. The zero-order valence-electron chi connectivity index (χ0n) is 20.7. The van der Waals surface area contributed by atoms with Gasteiger partial charge in [0.25, 0.3) is 0 Å². The third-order valence-electron chi connectivity index (χ3n) is 8.57. The zero-order chi connectivity index (χ0) is 23.2. The van der Waals surface area contributed by atoms with Gasteiger partial charge in [0.1, 0.15) is 0 Å². The van der Waals surface area contributed by atoms with Crippen LogP contribution in [0.25, 0.3) is 11.0 Å². The molecule has 0 saturated carbocycles. The van der Waals surface area contributed by atoms with Crippen molar-refractivity contribution in [3.8, 4) is 0 Å². The van der Waals surface area contributed by atoms with Crippen molar-refractivity contribution in [2.45, 2.75) is 83.0 Å². The molecule has 0 radical (unpaired) electrons. The Labute approximate surface area is 202 Å². The fourth-order valence-electron chi connectivity index (χ4n) is 7.02. The molecule has 1 fully saturated rings. The molecule has 2 atom stereocenters. The van der Waals surface area contributed by atoms with Crippen molar-refractivity contribution >= 4 is 11.0 Å². The minimum Gasteiger partial charge on any atom is -0.313 e. The van der Waals surface area contributed by atoms with Crippen LogP contribution in [0.5, 0.6) is 0 Å². The lowest BCUT2D eigenvalue weighted by atomic mass is 9.84. The fraction of sp³-hybridized carbons (Fsp3) is 0.552. The van der Waals surface area contributed by atoms with E-state index in [0.29, 0.717) is 18.6 Å². The van der Waals surface area contributed by atoms with Crippen LogP contribution in [0, 0.1) is 0 Å². The van der Waals surface area contributed by atoms with Crippen molar-refractivity contribution in [2.24, 2.45) is 0 Å². The number of fused-ring (bicyclic) bond motifs is 1. The summed E-state index contributed by atoms with van der Waals surface area (Å²) in [5.41, 5.74) is 7.22. The minimum atomic E-state index is 0.159. The molecule has 2 aromatic carbocycles.